The van der Waals surface area contributed by atoms with E-state index in [0.29, 0.717) is 17.2 Å². The van der Waals surface area contributed by atoms with Gasteiger partial charge in [-0.3, -0.25) is 9.78 Å². The molecule has 0 fully saturated rings. The molecule has 1 atom stereocenters. The van der Waals surface area contributed by atoms with Crippen LogP contribution in [0.2, 0.25) is 0 Å². The lowest BCUT2D eigenvalue weighted by molar-refractivity contribution is -0.114. The monoisotopic (exact) mass is 303 g/mol. The van der Waals surface area contributed by atoms with Crippen LogP contribution in [0, 0.1) is 0 Å². The second-order valence-electron chi connectivity index (χ2n) is 5.01. The van der Waals surface area contributed by atoms with Crippen molar-refractivity contribution in [3.8, 4) is 11.5 Å². The lowest BCUT2D eigenvalue weighted by atomic mass is 9.98. The Balaban J connectivity index is 2.76. The number of rotatable bonds is 5. The van der Waals surface area contributed by atoms with Crippen LogP contribution in [0.15, 0.2) is 18.3 Å². The van der Waals surface area contributed by atoms with Gasteiger partial charge in [0.05, 0.1) is 31.6 Å². The Bertz CT molecular complexity index is 701. The Morgan fingerprint density at radius 3 is 2.50 bits per heavy atom. The average Bonchev–Trinajstić information content (AvgIpc) is 2.52. The Hall–Kier alpha value is -2.34. The Kier molecular flexibility index (Phi) is 4.82. The number of amides is 1. The normalized spacial score (nSPS) is 12.0. The molecule has 0 aliphatic rings. The van der Waals surface area contributed by atoms with Crippen molar-refractivity contribution in [2.45, 2.75) is 26.3 Å². The van der Waals surface area contributed by atoms with Gasteiger partial charge in [-0.1, -0.05) is 6.92 Å². The molecule has 6 heteroatoms. The third kappa shape index (κ3) is 2.96. The van der Waals surface area contributed by atoms with Crippen molar-refractivity contribution < 1.29 is 14.3 Å². The maximum atomic E-state index is 11.4. The fourth-order valence-corrected chi connectivity index (χ4v) is 2.43. The smallest absolute Gasteiger partial charge is 0.221 e. The highest BCUT2D eigenvalue weighted by atomic mass is 16.5. The number of anilines is 1. The van der Waals surface area contributed by atoms with Gasteiger partial charge >= 0.3 is 0 Å². The van der Waals surface area contributed by atoms with Gasteiger partial charge in [0.25, 0.3) is 0 Å². The molecule has 1 heterocycles. The van der Waals surface area contributed by atoms with E-state index >= 15 is 0 Å². The molecular weight excluding hydrogens is 282 g/mol. The number of methoxy groups -OCH3 is 2. The number of nitrogens with one attached hydrogen (secondary N) is 1. The fraction of sp³-hybridized carbons (Fsp3) is 0.375. The van der Waals surface area contributed by atoms with Crippen LogP contribution in [0.25, 0.3) is 10.9 Å². The van der Waals surface area contributed by atoms with E-state index in [2.05, 4.69) is 10.3 Å². The van der Waals surface area contributed by atoms with E-state index in [9.17, 15) is 4.79 Å². The zero-order valence-corrected chi connectivity index (χ0v) is 13.3. The third-order valence-corrected chi connectivity index (χ3v) is 3.54. The predicted octanol–water partition coefficient (Wildman–Crippen LogP) is 2.62. The van der Waals surface area contributed by atoms with Gasteiger partial charge in [-0.25, -0.2) is 0 Å². The number of hydrogen-bond acceptors (Lipinski definition) is 5. The first kappa shape index (κ1) is 16.0. The summed E-state index contributed by atoms with van der Waals surface area (Å²) >= 11 is 0. The minimum Gasteiger partial charge on any atom is -0.493 e. The van der Waals surface area contributed by atoms with Crippen LogP contribution in [0.1, 0.15) is 31.9 Å². The molecule has 6 nitrogen and oxygen atoms in total. The number of nitrogens with two attached hydrogens (primary N) is 1. The Morgan fingerprint density at radius 2 is 1.95 bits per heavy atom. The molecule has 0 saturated heterocycles. The van der Waals surface area contributed by atoms with E-state index in [0.717, 1.165) is 22.9 Å². The number of pyridine rings is 1. The Morgan fingerprint density at radius 1 is 1.32 bits per heavy atom. The van der Waals surface area contributed by atoms with Gasteiger partial charge < -0.3 is 20.5 Å². The van der Waals surface area contributed by atoms with E-state index in [4.69, 9.17) is 15.2 Å². The van der Waals surface area contributed by atoms with Crippen molar-refractivity contribution in [1.82, 2.24) is 4.98 Å². The maximum Gasteiger partial charge on any atom is 0.221 e. The third-order valence-electron chi connectivity index (χ3n) is 3.54. The van der Waals surface area contributed by atoms with Crippen molar-refractivity contribution in [3.05, 3.63) is 23.9 Å². The molecule has 0 saturated carbocycles. The summed E-state index contributed by atoms with van der Waals surface area (Å²) in [5.74, 6) is 1.04. The highest BCUT2D eigenvalue weighted by Gasteiger charge is 2.18. The topological polar surface area (TPSA) is 86.5 Å². The summed E-state index contributed by atoms with van der Waals surface area (Å²) in [6.07, 6.45) is 2.36. The van der Waals surface area contributed by atoms with E-state index in [-0.39, 0.29) is 11.9 Å². The van der Waals surface area contributed by atoms with Gasteiger partial charge in [-0.15, -0.1) is 0 Å². The van der Waals surface area contributed by atoms with Gasteiger partial charge in [0, 0.05) is 30.0 Å². The number of nitrogens with zero attached hydrogens (tertiary/aromatic N) is 1. The highest BCUT2D eigenvalue weighted by molar-refractivity contribution is 5.95. The van der Waals surface area contributed by atoms with Crippen LogP contribution in [-0.4, -0.2) is 25.1 Å². The average molecular weight is 303 g/mol. The van der Waals surface area contributed by atoms with Crippen LogP contribution in [0.4, 0.5) is 5.69 Å². The zero-order valence-electron chi connectivity index (χ0n) is 13.3. The molecule has 1 amide bonds. The molecule has 0 aliphatic carbocycles. The molecule has 1 aromatic carbocycles. The molecule has 3 N–H and O–H groups in total. The van der Waals surface area contributed by atoms with Crippen molar-refractivity contribution in [3.63, 3.8) is 0 Å². The first-order chi connectivity index (χ1) is 10.5. The summed E-state index contributed by atoms with van der Waals surface area (Å²) in [5.41, 5.74) is 8.47. The van der Waals surface area contributed by atoms with Gasteiger partial charge in [0.15, 0.2) is 11.5 Å². The number of fused-ring (bicyclic) bond motifs is 1. The minimum atomic E-state index is -0.217. The van der Waals surface area contributed by atoms with Crippen LogP contribution in [-0.2, 0) is 4.79 Å². The number of ether oxygens (including phenoxy) is 2. The number of carbonyl (C=O) groups excluding carboxylic acids is 1. The summed E-state index contributed by atoms with van der Waals surface area (Å²) in [7, 11) is 3.16. The van der Waals surface area contributed by atoms with Crippen LogP contribution < -0.4 is 20.5 Å². The quantitative estimate of drug-likeness (QED) is 0.886. The molecule has 0 aliphatic heterocycles. The van der Waals surface area contributed by atoms with E-state index in [1.165, 1.54) is 6.92 Å². The SMILES string of the molecule is CCC(N)c1c(NC(C)=O)cnc2cc(OC)c(OC)cc12. The van der Waals surface area contributed by atoms with Crippen LogP contribution in [0.3, 0.4) is 0 Å². The zero-order chi connectivity index (χ0) is 16.3. The molecule has 1 aromatic heterocycles. The second-order valence-corrected chi connectivity index (χ2v) is 5.01. The van der Waals surface area contributed by atoms with E-state index < -0.39 is 0 Å². The maximum absolute atomic E-state index is 11.4. The summed E-state index contributed by atoms with van der Waals surface area (Å²) in [6.45, 7) is 3.45. The first-order valence-corrected chi connectivity index (χ1v) is 7.09. The number of aromatic nitrogens is 1. The minimum absolute atomic E-state index is 0.161. The lowest BCUT2D eigenvalue weighted by Gasteiger charge is -2.19. The van der Waals surface area contributed by atoms with E-state index in [1.54, 1.807) is 26.5 Å². The molecule has 2 rings (SSSR count). The molecule has 2 aromatic rings. The fourth-order valence-electron chi connectivity index (χ4n) is 2.43. The van der Waals surface area contributed by atoms with Gasteiger partial charge in [0.2, 0.25) is 5.91 Å². The van der Waals surface area contributed by atoms with Crippen LogP contribution in [0.5, 0.6) is 11.5 Å². The summed E-state index contributed by atoms with van der Waals surface area (Å²) < 4.78 is 10.7. The molecule has 0 radical (unpaired) electrons. The van der Waals surface area contributed by atoms with Gasteiger partial charge in [0.1, 0.15) is 0 Å². The summed E-state index contributed by atoms with van der Waals surface area (Å²) in [4.78, 5) is 15.8. The highest BCUT2D eigenvalue weighted by Crippen LogP contribution is 2.37. The summed E-state index contributed by atoms with van der Waals surface area (Å²) in [6, 6.07) is 3.43. The second kappa shape index (κ2) is 6.62. The van der Waals surface area contributed by atoms with E-state index in [1.807, 2.05) is 13.0 Å². The lowest BCUT2D eigenvalue weighted by Crippen LogP contribution is -2.15. The predicted molar refractivity (Wildman–Crippen MR) is 86.4 cm³/mol. The molecule has 1 unspecified atom stereocenters. The largest absolute Gasteiger partial charge is 0.493 e. The van der Waals surface area contributed by atoms with Crippen LogP contribution >= 0.6 is 0 Å². The van der Waals surface area contributed by atoms with Gasteiger partial charge in [-0.05, 0) is 12.5 Å². The van der Waals surface area contributed by atoms with Crippen molar-refractivity contribution in [1.29, 1.82) is 0 Å². The molecular formula is C16H21N3O3. The molecule has 22 heavy (non-hydrogen) atoms. The number of carbonyl (C=O) groups is 1. The van der Waals surface area contributed by atoms with Crippen molar-refractivity contribution in [2.24, 2.45) is 5.73 Å². The first-order valence-electron chi connectivity index (χ1n) is 7.09. The van der Waals surface area contributed by atoms with Crippen molar-refractivity contribution >= 4 is 22.5 Å². The molecule has 118 valence electrons. The Labute approximate surface area is 129 Å². The summed E-state index contributed by atoms with van der Waals surface area (Å²) in [5, 5.41) is 3.64. The molecule has 0 spiro atoms. The number of benzene rings is 1. The van der Waals surface area contributed by atoms with Gasteiger partial charge in [-0.2, -0.15) is 0 Å². The standard InChI is InChI=1S/C16H21N3O3/c1-5-11(17)16-10-6-14(21-3)15(22-4)7-12(10)18-8-13(16)19-9(2)20/h6-8,11H,5,17H2,1-4H3,(H,19,20). The molecule has 0 bridgehead atoms. The number of hydrogen-bond donors (Lipinski definition) is 2. The van der Waals surface area contributed by atoms with Crippen molar-refractivity contribution in [2.75, 3.05) is 19.5 Å².